The maximum atomic E-state index is 13.2. The van der Waals surface area contributed by atoms with E-state index in [1.54, 1.807) is 24.3 Å². The molecule has 1 aromatic heterocycles. The quantitative estimate of drug-likeness (QED) is 0.511. The average molecular weight is 431 g/mol. The van der Waals surface area contributed by atoms with Gasteiger partial charge in [-0.05, 0) is 74.7 Å². The second kappa shape index (κ2) is 8.36. The number of hydrogen-bond donors (Lipinski definition) is 3. The van der Waals surface area contributed by atoms with Crippen molar-refractivity contribution < 1.29 is 14.6 Å². The number of aromatic hydroxyl groups is 2. The molecule has 0 radical (unpaired) electrons. The number of rotatable bonds is 3. The fraction of sp³-hybridized carbons (Fsp3) is 0.273. The molecule has 2 heterocycles. The highest BCUT2D eigenvalue weighted by atomic mass is 35.5. The summed E-state index contributed by atoms with van der Waals surface area (Å²) in [6.45, 7) is 6.70. The van der Waals surface area contributed by atoms with Gasteiger partial charge in [0, 0.05) is 23.5 Å². The number of aromatic nitrogens is 2. The zero-order chi connectivity index (χ0) is 20.7. The van der Waals surface area contributed by atoms with E-state index in [1.807, 2.05) is 13.8 Å². The standard InChI is InChI=1S/C22H23FN4O2.ClH/c1-12-13(2)24-22(25-17-6-4-16(23)5-7-17)26-21(12)27-9-8-15-10-19(28)20(29)11-18(15)14(27)3;/h4-7,10-11,14,28-29H,8-9H2,1-3H3,(H,24,25,26);1H. The Morgan fingerprint density at radius 1 is 1.07 bits per heavy atom. The summed E-state index contributed by atoms with van der Waals surface area (Å²) in [6, 6.07) is 9.29. The van der Waals surface area contributed by atoms with Crippen LogP contribution in [0, 0.1) is 19.7 Å². The molecule has 3 aromatic rings. The highest BCUT2D eigenvalue weighted by Crippen LogP contribution is 2.39. The van der Waals surface area contributed by atoms with Crippen LogP contribution in [0.2, 0.25) is 0 Å². The fourth-order valence-corrected chi connectivity index (χ4v) is 3.74. The number of anilines is 3. The number of benzene rings is 2. The molecule has 0 spiro atoms. The van der Waals surface area contributed by atoms with Gasteiger partial charge in [0.1, 0.15) is 11.6 Å². The van der Waals surface area contributed by atoms with Gasteiger partial charge < -0.3 is 20.4 Å². The third-order valence-corrected chi connectivity index (χ3v) is 5.51. The summed E-state index contributed by atoms with van der Waals surface area (Å²) in [5.74, 6) is 0.748. The molecule has 8 heteroatoms. The minimum atomic E-state index is -0.299. The van der Waals surface area contributed by atoms with Crippen LogP contribution in [0.3, 0.4) is 0 Å². The van der Waals surface area contributed by atoms with Gasteiger partial charge in [-0.2, -0.15) is 4.98 Å². The van der Waals surface area contributed by atoms with Crippen molar-refractivity contribution in [1.29, 1.82) is 0 Å². The SMILES string of the molecule is Cc1nc(Nc2ccc(F)cc2)nc(N2CCc3cc(O)c(O)cc3C2C)c1C.Cl. The predicted octanol–water partition coefficient (Wildman–Crippen LogP) is 4.93. The summed E-state index contributed by atoms with van der Waals surface area (Å²) in [5.41, 5.74) is 4.53. The molecular formula is C22H24ClFN4O2. The Bertz CT molecular complexity index is 1080. The van der Waals surface area contributed by atoms with Crippen LogP contribution in [0.1, 0.15) is 35.3 Å². The van der Waals surface area contributed by atoms with E-state index in [4.69, 9.17) is 4.98 Å². The Labute approximate surface area is 180 Å². The van der Waals surface area contributed by atoms with Crippen molar-refractivity contribution in [2.24, 2.45) is 0 Å². The molecule has 0 bridgehead atoms. The lowest BCUT2D eigenvalue weighted by atomic mass is 9.92. The minimum absolute atomic E-state index is 0. The first-order chi connectivity index (χ1) is 13.8. The third-order valence-electron chi connectivity index (χ3n) is 5.51. The van der Waals surface area contributed by atoms with Gasteiger partial charge in [-0.3, -0.25) is 0 Å². The van der Waals surface area contributed by atoms with Gasteiger partial charge in [0.25, 0.3) is 0 Å². The van der Waals surface area contributed by atoms with Crippen LogP contribution in [-0.4, -0.2) is 26.7 Å². The number of phenols is 2. The van der Waals surface area contributed by atoms with E-state index in [0.717, 1.165) is 41.2 Å². The lowest BCUT2D eigenvalue weighted by molar-refractivity contribution is 0.401. The molecule has 3 N–H and O–H groups in total. The van der Waals surface area contributed by atoms with E-state index >= 15 is 0 Å². The topological polar surface area (TPSA) is 81.5 Å². The largest absolute Gasteiger partial charge is 0.504 e. The molecule has 158 valence electrons. The van der Waals surface area contributed by atoms with Gasteiger partial charge in [0.2, 0.25) is 5.95 Å². The molecule has 1 atom stereocenters. The van der Waals surface area contributed by atoms with E-state index < -0.39 is 0 Å². The number of nitrogens with one attached hydrogen (secondary N) is 1. The molecule has 6 nitrogen and oxygen atoms in total. The first-order valence-corrected chi connectivity index (χ1v) is 9.52. The van der Waals surface area contributed by atoms with Crippen molar-refractivity contribution in [3.63, 3.8) is 0 Å². The fourth-order valence-electron chi connectivity index (χ4n) is 3.74. The Balaban J connectivity index is 0.00000256. The number of aryl methyl sites for hydroxylation is 1. The van der Waals surface area contributed by atoms with E-state index in [9.17, 15) is 14.6 Å². The Morgan fingerprint density at radius 2 is 1.73 bits per heavy atom. The Kier molecular flexibility index (Phi) is 6.03. The van der Waals surface area contributed by atoms with E-state index in [1.165, 1.54) is 12.1 Å². The van der Waals surface area contributed by atoms with Crippen molar-refractivity contribution >= 4 is 29.9 Å². The molecule has 1 aliphatic heterocycles. The minimum Gasteiger partial charge on any atom is -0.504 e. The van der Waals surface area contributed by atoms with Crippen LogP contribution in [0.4, 0.5) is 21.8 Å². The molecule has 30 heavy (non-hydrogen) atoms. The Hall–Kier alpha value is -3.06. The molecular weight excluding hydrogens is 407 g/mol. The summed E-state index contributed by atoms with van der Waals surface area (Å²) in [5, 5.41) is 22.9. The maximum absolute atomic E-state index is 13.2. The first kappa shape index (κ1) is 21.6. The first-order valence-electron chi connectivity index (χ1n) is 9.52. The lowest BCUT2D eigenvalue weighted by Gasteiger charge is -2.37. The van der Waals surface area contributed by atoms with Crippen LogP contribution in [0.15, 0.2) is 36.4 Å². The van der Waals surface area contributed by atoms with Crippen molar-refractivity contribution in [3.05, 3.63) is 64.6 Å². The highest BCUT2D eigenvalue weighted by Gasteiger charge is 2.28. The molecule has 4 rings (SSSR count). The summed E-state index contributed by atoms with van der Waals surface area (Å²) >= 11 is 0. The molecule has 1 aliphatic rings. The highest BCUT2D eigenvalue weighted by molar-refractivity contribution is 5.85. The predicted molar refractivity (Wildman–Crippen MR) is 118 cm³/mol. The smallest absolute Gasteiger partial charge is 0.229 e. The number of halogens is 2. The van der Waals surface area contributed by atoms with Crippen LogP contribution in [0.5, 0.6) is 11.5 Å². The van der Waals surface area contributed by atoms with Gasteiger partial charge in [-0.25, -0.2) is 9.37 Å². The normalized spacial score (nSPS) is 15.3. The van der Waals surface area contributed by atoms with Gasteiger partial charge in [0.15, 0.2) is 11.5 Å². The second-order valence-electron chi connectivity index (χ2n) is 7.37. The van der Waals surface area contributed by atoms with Crippen LogP contribution in [-0.2, 0) is 6.42 Å². The molecule has 0 aliphatic carbocycles. The van der Waals surface area contributed by atoms with Crippen molar-refractivity contribution in [1.82, 2.24) is 9.97 Å². The van der Waals surface area contributed by atoms with Gasteiger partial charge in [-0.1, -0.05) is 0 Å². The van der Waals surface area contributed by atoms with Crippen LogP contribution >= 0.6 is 12.4 Å². The van der Waals surface area contributed by atoms with E-state index in [0.29, 0.717) is 11.6 Å². The maximum Gasteiger partial charge on any atom is 0.229 e. The monoisotopic (exact) mass is 430 g/mol. The van der Waals surface area contributed by atoms with Gasteiger partial charge in [0.05, 0.1) is 6.04 Å². The van der Waals surface area contributed by atoms with Gasteiger partial charge >= 0.3 is 0 Å². The molecule has 0 saturated carbocycles. The summed E-state index contributed by atoms with van der Waals surface area (Å²) in [6.07, 6.45) is 0.733. The zero-order valence-corrected chi connectivity index (χ0v) is 17.8. The van der Waals surface area contributed by atoms with E-state index in [2.05, 4.69) is 22.1 Å². The molecule has 0 fully saturated rings. The number of fused-ring (bicyclic) bond motifs is 1. The number of hydrogen-bond acceptors (Lipinski definition) is 6. The van der Waals surface area contributed by atoms with E-state index in [-0.39, 0.29) is 35.8 Å². The summed E-state index contributed by atoms with van der Waals surface area (Å²) in [7, 11) is 0. The van der Waals surface area contributed by atoms with Crippen molar-refractivity contribution in [3.8, 4) is 11.5 Å². The molecule has 1 unspecified atom stereocenters. The number of nitrogens with zero attached hydrogens (tertiary/aromatic N) is 3. The van der Waals surface area contributed by atoms with Gasteiger partial charge in [-0.15, -0.1) is 12.4 Å². The third kappa shape index (κ3) is 3.98. The van der Waals surface area contributed by atoms with Crippen LogP contribution in [0.25, 0.3) is 0 Å². The van der Waals surface area contributed by atoms with Crippen LogP contribution < -0.4 is 10.2 Å². The average Bonchev–Trinajstić information content (AvgIpc) is 2.69. The summed E-state index contributed by atoms with van der Waals surface area (Å²) in [4.78, 5) is 11.4. The Morgan fingerprint density at radius 3 is 2.43 bits per heavy atom. The number of phenolic OH excluding ortho intramolecular Hbond substituents is 2. The lowest BCUT2D eigenvalue weighted by Crippen LogP contribution is -2.35. The molecule has 0 amide bonds. The second-order valence-corrected chi connectivity index (χ2v) is 7.37. The molecule has 0 saturated heterocycles. The summed E-state index contributed by atoms with van der Waals surface area (Å²) < 4.78 is 13.2. The zero-order valence-electron chi connectivity index (χ0n) is 17.0. The van der Waals surface area contributed by atoms with Crippen molar-refractivity contribution in [2.75, 3.05) is 16.8 Å². The molecule has 2 aromatic carbocycles. The van der Waals surface area contributed by atoms with Crippen molar-refractivity contribution in [2.45, 2.75) is 33.2 Å².